The summed E-state index contributed by atoms with van der Waals surface area (Å²) in [5.74, 6) is -0.376. The number of halogens is 4. The quantitative estimate of drug-likeness (QED) is 0.865. The van der Waals surface area contributed by atoms with E-state index in [9.17, 15) is 13.2 Å². The van der Waals surface area contributed by atoms with E-state index in [-0.39, 0.29) is 16.6 Å². The number of alkyl halides is 2. The Labute approximate surface area is 119 Å². The van der Waals surface area contributed by atoms with E-state index in [0.717, 1.165) is 5.56 Å². The normalized spacial score (nSPS) is 10.7. The molecule has 2 aromatic rings. The minimum atomic E-state index is -2.91. The summed E-state index contributed by atoms with van der Waals surface area (Å²) in [5, 5.41) is 3.14. The minimum absolute atomic E-state index is 0.0750. The van der Waals surface area contributed by atoms with E-state index in [2.05, 4.69) is 10.1 Å². The van der Waals surface area contributed by atoms with Crippen LogP contribution in [0.5, 0.6) is 5.75 Å². The Hall–Kier alpha value is -1.88. The minimum Gasteiger partial charge on any atom is -0.433 e. The summed E-state index contributed by atoms with van der Waals surface area (Å²) in [6.45, 7) is -2.45. The second-order valence-electron chi connectivity index (χ2n) is 4.00. The fourth-order valence-corrected chi connectivity index (χ4v) is 1.83. The van der Waals surface area contributed by atoms with E-state index in [1.54, 1.807) is 18.2 Å². The number of hydrogen-bond donors (Lipinski definition) is 1. The van der Waals surface area contributed by atoms with Gasteiger partial charge in [-0.25, -0.2) is 4.39 Å². The number of ether oxygens (including phenoxy) is 1. The molecule has 20 heavy (non-hydrogen) atoms. The molecule has 0 aliphatic carbocycles. The summed E-state index contributed by atoms with van der Waals surface area (Å²) >= 11 is 5.83. The van der Waals surface area contributed by atoms with Crippen molar-refractivity contribution in [1.82, 2.24) is 0 Å². The summed E-state index contributed by atoms with van der Waals surface area (Å²) in [7, 11) is 0. The van der Waals surface area contributed by atoms with Crippen molar-refractivity contribution in [3.8, 4) is 5.75 Å². The summed E-state index contributed by atoms with van der Waals surface area (Å²) in [6.07, 6.45) is 0. The molecule has 0 unspecified atom stereocenters. The third-order valence-electron chi connectivity index (χ3n) is 2.56. The number of hydrogen-bond acceptors (Lipinski definition) is 2. The van der Waals surface area contributed by atoms with Gasteiger partial charge in [0.15, 0.2) is 0 Å². The molecule has 0 atom stereocenters. The smallest absolute Gasteiger partial charge is 0.387 e. The lowest BCUT2D eigenvalue weighted by Crippen LogP contribution is -2.03. The van der Waals surface area contributed by atoms with Gasteiger partial charge in [0.2, 0.25) is 0 Å². The molecule has 0 saturated heterocycles. The second kappa shape index (κ2) is 6.52. The van der Waals surface area contributed by atoms with Gasteiger partial charge in [-0.3, -0.25) is 0 Å². The summed E-state index contributed by atoms with van der Waals surface area (Å²) in [4.78, 5) is 0. The number of nitrogens with one attached hydrogen (secondary N) is 1. The van der Waals surface area contributed by atoms with Gasteiger partial charge in [-0.05, 0) is 35.9 Å². The van der Waals surface area contributed by atoms with Gasteiger partial charge in [-0.2, -0.15) is 8.78 Å². The number of rotatable bonds is 5. The highest BCUT2D eigenvalue weighted by atomic mass is 35.5. The van der Waals surface area contributed by atoms with Crippen LogP contribution >= 0.6 is 11.6 Å². The first-order valence-electron chi connectivity index (χ1n) is 5.77. The topological polar surface area (TPSA) is 21.3 Å². The van der Waals surface area contributed by atoms with Gasteiger partial charge in [0.1, 0.15) is 11.6 Å². The zero-order chi connectivity index (χ0) is 14.5. The van der Waals surface area contributed by atoms with Crippen molar-refractivity contribution in [3.63, 3.8) is 0 Å². The molecule has 1 N–H and O–H groups in total. The van der Waals surface area contributed by atoms with Crippen LogP contribution in [0.15, 0.2) is 42.5 Å². The zero-order valence-electron chi connectivity index (χ0n) is 10.2. The van der Waals surface area contributed by atoms with Gasteiger partial charge in [0.05, 0.1) is 5.02 Å². The van der Waals surface area contributed by atoms with Crippen molar-refractivity contribution in [3.05, 3.63) is 58.9 Å². The van der Waals surface area contributed by atoms with Crippen LogP contribution in [-0.2, 0) is 6.54 Å². The zero-order valence-corrected chi connectivity index (χ0v) is 11.0. The van der Waals surface area contributed by atoms with Crippen molar-refractivity contribution in [2.24, 2.45) is 0 Å². The van der Waals surface area contributed by atoms with Gasteiger partial charge >= 0.3 is 6.61 Å². The predicted octanol–water partition coefficient (Wildman–Crippen LogP) is 4.69. The maximum atomic E-state index is 12.7. The molecule has 6 heteroatoms. The van der Waals surface area contributed by atoms with E-state index >= 15 is 0 Å². The molecule has 2 rings (SSSR count). The molecular formula is C14H11ClF3NO. The van der Waals surface area contributed by atoms with E-state index in [1.165, 1.54) is 24.3 Å². The van der Waals surface area contributed by atoms with Crippen LogP contribution in [0.25, 0.3) is 0 Å². The first kappa shape index (κ1) is 14.5. The van der Waals surface area contributed by atoms with Crippen LogP contribution in [0.2, 0.25) is 5.02 Å². The van der Waals surface area contributed by atoms with Gasteiger partial charge in [-0.15, -0.1) is 0 Å². The average Bonchev–Trinajstić information content (AvgIpc) is 2.40. The van der Waals surface area contributed by atoms with Crippen LogP contribution < -0.4 is 10.1 Å². The first-order valence-corrected chi connectivity index (χ1v) is 6.15. The molecular weight excluding hydrogens is 291 g/mol. The van der Waals surface area contributed by atoms with E-state index in [4.69, 9.17) is 11.6 Å². The van der Waals surface area contributed by atoms with Crippen molar-refractivity contribution < 1.29 is 17.9 Å². The van der Waals surface area contributed by atoms with Crippen LogP contribution in [0.1, 0.15) is 5.56 Å². The maximum absolute atomic E-state index is 12.7. The first-order chi connectivity index (χ1) is 9.54. The van der Waals surface area contributed by atoms with Gasteiger partial charge in [-0.1, -0.05) is 23.7 Å². The lowest BCUT2D eigenvalue weighted by atomic mass is 10.2. The fourth-order valence-electron chi connectivity index (χ4n) is 1.61. The summed E-state index contributed by atoms with van der Waals surface area (Å²) < 4.78 is 41.1. The van der Waals surface area contributed by atoms with Crippen molar-refractivity contribution in [2.45, 2.75) is 13.2 Å². The Bertz CT molecular complexity index is 575. The Morgan fingerprint density at radius 2 is 1.80 bits per heavy atom. The molecule has 0 aromatic heterocycles. The molecule has 0 fully saturated rings. The van der Waals surface area contributed by atoms with Crippen LogP contribution in [-0.4, -0.2) is 6.61 Å². The summed E-state index contributed by atoms with van der Waals surface area (Å²) in [6, 6.07) is 10.5. The van der Waals surface area contributed by atoms with E-state index < -0.39 is 6.61 Å². The molecule has 0 heterocycles. The lowest BCUT2D eigenvalue weighted by Gasteiger charge is -2.10. The summed E-state index contributed by atoms with van der Waals surface area (Å²) in [5.41, 5.74) is 1.54. The molecule has 106 valence electrons. The predicted molar refractivity (Wildman–Crippen MR) is 71.8 cm³/mol. The number of benzene rings is 2. The Kier molecular flexibility index (Phi) is 4.74. The molecule has 0 spiro atoms. The monoisotopic (exact) mass is 301 g/mol. The Morgan fingerprint density at radius 1 is 1.10 bits per heavy atom. The molecule has 0 aliphatic heterocycles. The SMILES string of the molecule is Fc1ccc(CNc2ccc(OC(F)F)c(Cl)c2)cc1. The Morgan fingerprint density at radius 3 is 2.40 bits per heavy atom. The highest BCUT2D eigenvalue weighted by Gasteiger charge is 2.08. The molecule has 2 nitrogen and oxygen atoms in total. The van der Waals surface area contributed by atoms with E-state index in [1.807, 2.05) is 0 Å². The van der Waals surface area contributed by atoms with Crippen LogP contribution in [0.3, 0.4) is 0 Å². The average molecular weight is 302 g/mol. The fraction of sp³-hybridized carbons (Fsp3) is 0.143. The van der Waals surface area contributed by atoms with E-state index in [0.29, 0.717) is 12.2 Å². The molecule has 0 radical (unpaired) electrons. The molecule has 0 amide bonds. The highest BCUT2D eigenvalue weighted by molar-refractivity contribution is 6.32. The third kappa shape index (κ3) is 4.06. The van der Waals surface area contributed by atoms with Crippen LogP contribution in [0, 0.1) is 5.82 Å². The van der Waals surface area contributed by atoms with Crippen molar-refractivity contribution in [1.29, 1.82) is 0 Å². The van der Waals surface area contributed by atoms with Gasteiger partial charge in [0.25, 0.3) is 0 Å². The molecule has 0 aliphatic rings. The van der Waals surface area contributed by atoms with Crippen LogP contribution in [0.4, 0.5) is 18.9 Å². The second-order valence-corrected chi connectivity index (χ2v) is 4.41. The van der Waals surface area contributed by atoms with Gasteiger partial charge in [0, 0.05) is 12.2 Å². The standard InChI is InChI=1S/C14H11ClF3NO/c15-12-7-11(5-6-13(12)20-14(17)18)19-8-9-1-3-10(16)4-2-9/h1-7,14,19H,8H2. The Balaban J connectivity index is 1.99. The van der Waals surface area contributed by atoms with Crippen molar-refractivity contribution in [2.75, 3.05) is 5.32 Å². The third-order valence-corrected chi connectivity index (χ3v) is 2.85. The maximum Gasteiger partial charge on any atom is 0.387 e. The number of anilines is 1. The lowest BCUT2D eigenvalue weighted by molar-refractivity contribution is -0.0497. The largest absolute Gasteiger partial charge is 0.433 e. The van der Waals surface area contributed by atoms with Crippen molar-refractivity contribution >= 4 is 17.3 Å². The molecule has 0 saturated carbocycles. The molecule has 0 bridgehead atoms. The highest BCUT2D eigenvalue weighted by Crippen LogP contribution is 2.29. The molecule has 2 aromatic carbocycles. The van der Waals surface area contributed by atoms with Gasteiger partial charge < -0.3 is 10.1 Å².